The highest BCUT2D eigenvalue weighted by molar-refractivity contribution is 4.80. The largest absolute Gasteiger partial charge is 0.391 e. The van der Waals surface area contributed by atoms with Gasteiger partial charge in [0.05, 0.1) is 5.92 Å². The Labute approximate surface area is 120 Å². The van der Waals surface area contributed by atoms with Gasteiger partial charge in [-0.1, -0.05) is 12.8 Å². The van der Waals surface area contributed by atoms with E-state index in [0.717, 1.165) is 25.6 Å². The van der Waals surface area contributed by atoms with Crippen molar-refractivity contribution in [3.8, 4) is 0 Å². The van der Waals surface area contributed by atoms with Crippen molar-refractivity contribution in [2.75, 3.05) is 26.2 Å². The fourth-order valence-electron chi connectivity index (χ4n) is 2.89. The zero-order valence-corrected chi connectivity index (χ0v) is 12.2. The molecule has 118 valence electrons. The van der Waals surface area contributed by atoms with E-state index in [1.165, 1.54) is 32.1 Å². The minimum atomic E-state index is -3.99. The molecule has 2 nitrogen and oxygen atoms in total. The van der Waals surface area contributed by atoms with Crippen LogP contribution in [0.2, 0.25) is 0 Å². The molecule has 0 radical (unpaired) electrons. The molecule has 2 fully saturated rings. The third-order valence-corrected chi connectivity index (χ3v) is 4.46. The van der Waals surface area contributed by atoms with Crippen LogP contribution in [0.25, 0.3) is 0 Å². The fourth-order valence-corrected chi connectivity index (χ4v) is 2.89. The molecule has 0 atom stereocenters. The van der Waals surface area contributed by atoms with Gasteiger partial charge in [0.2, 0.25) is 0 Å². The second-order valence-corrected chi connectivity index (χ2v) is 6.30. The van der Waals surface area contributed by atoms with E-state index in [4.69, 9.17) is 0 Å². The molecule has 1 aliphatic heterocycles. The summed E-state index contributed by atoms with van der Waals surface area (Å²) in [7, 11) is 0. The maximum Gasteiger partial charge on any atom is 0.391 e. The Bertz CT molecular complexity index is 269. The molecule has 0 bridgehead atoms. The van der Waals surface area contributed by atoms with Crippen LogP contribution in [-0.2, 0) is 0 Å². The molecule has 1 saturated heterocycles. The van der Waals surface area contributed by atoms with Crippen molar-refractivity contribution in [1.82, 2.24) is 10.2 Å². The van der Waals surface area contributed by atoms with E-state index in [0.29, 0.717) is 13.1 Å². The number of nitrogens with zero attached hydrogens (tertiary/aromatic N) is 1. The number of halogens is 3. The van der Waals surface area contributed by atoms with E-state index in [2.05, 4.69) is 10.2 Å². The average Bonchev–Trinajstić information content (AvgIpc) is 3.21. The Morgan fingerprint density at radius 3 is 2.15 bits per heavy atom. The summed E-state index contributed by atoms with van der Waals surface area (Å²) in [6.45, 7) is 3.34. The highest BCUT2D eigenvalue weighted by Crippen LogP contribution is 2.34. The SMILES string of the molecule is FC(F)(F)C1CCN(CCCCCCNC2CC2)CC1. The van der Waals surface area contributed by atoms with E-state index in [1.807, 2.05) is 0 Å². The normalized spacial score (nSPS) is 22.4. The molecule has 0 aromatic heterocycles. The highest BCUT2D eigenvalue weighted by atomic mass is 19.4. The molecule has 1 aliphatic carbocycles. The van der Waals surface area contributed by atoms with Crippen molar-refractivity contribution in [3.63, 3.8) is 0 Å². The Kier molecular flexibility index (Phi) is 6.15. The smallest absolute Gasteiger partial charge is 0.314 e. The highest BCUT2D eigenvalue weighted by Gasteiger charge is 2.40. The van der Waals surface area contributed by atoms with Crippen LogP contribution in [0, 0.1) is 5.92 Å². The first-order chi connectivity index (χ1) is 9.55. The van der Waals surface area contributed by atoms with E-state index >= 15 is 0 Å². The summed E-state index contributed by atoms with van der Waals surface area (Å²) in [5, 5.41) is 3.50. The van der Waals surface area contributed by atoms with Crippen LogP contribution in [0.1, 0.15) is 51.4 Å². The summed E-state index contributed by atoms with van der Waals surface area (Å²) >= 11 is 0. The summed E-state index contributed by atoms with van der Waals surface area (Å²) in [6.07, 6.45) is 4.06. The predicted octanol–water partition coefficient (Wildman–Crippen LogP) is 3.57. The number of hydrogen-bond donors (Lipinski definition) is 1. The fraction of sp³-hybridized carbons (Fsp3) is 1.00. The van der Waals surface area contributed by atoms with Crippen LogP contribution in [-0.4, -0.2) is 43.3 Å². The summed E-state index contributed by atoms with van der Waals surface area (Å²) in [4.78, 5) is 2.20. The van der Waals surface area contributed by atoms with Gasteiger partial charge in [0, 0.05) is 6.04 Å². The maximum atomic E-state index is 12.5. The van der Waals surface area contributed by atoms with Crippen LogP contribution in [0.4, 0.5) is 13.2 Å². The van der Waals surface area contributed by atoms with Gasteiger partial charge >= 0.3 is 6.18 Å². The van der Waals surface area contributed by atoms with Gasteiger partial charge in [-0.2, -0.15) is 13.2 Å². The minimum absolute atomic E-state index is 0.287. The summed E-state index contributed by atoms with van der Waals surface area (Å²) in [5.74, 6) is -1.06. The number of rotatable bonds is 8. The first kappa shape index (κ1) is 16.1. The minimum Gasteiger partial charge on any atom is -0.314 e. The lowest BCUT2D eigenvalue weighted by atomic mass is 9.96. The number of unbranched alkanes of at least 4 members (excludes halogenated alkanes) is 3. The lowest BCUT2D eigenvalue weighted by Gasteiger charge is -2.32. The Balaban J connectivity index is 1.42. The number of piperidine rings is 1. The van der Waals surface area contributed by atoms with Gasteiger partial charge in [-0.15, -0.1) is 0 Å². The van der Waals surface area contributed by atoms with E-state index in [9.17, 15) is 13.2 Å². The van der Waals surface area contributed by atoms with Crippen molar-refractivity contribution < 1.29 is 13.2 Å². The van der Waals surface area contributed by atoms with Gasteiger partial charge in [-0.3, -0.25) is 0 Å². The number of hydrogen-bond acceptors (Lipinski definition) is 2. The van der Waals surface area contributed by atoms with Crippen LogP contribution < -0.4 is 5.32 Å². The average molecular weight is 292 g/mol. The van der Waals surface area contributed by atoms with Gasteiger partial charge in [0.1, 0.15) is 0 Å². The van der Waals surface area contributed by atoms with Crippen LogP contribution in [0.15, 0.2) is 0 Å². The third kappa shape index (κ3) is 6.00. The van der Waals surface area contributed by atoms with Gasteiger partial charge in [0.15, 0.2) is 0 Å². The molecular weight excluding hydrogens is 265 g/mol. The van der Waals surface area contributed by atoms with Crippen molar-refractivity contribution in [2.24, 2.45) is 5.92 Å². The summed E-state index contributed by atoms with van der Waals surface area (Å²) < 4.78 is 37.6. The second kappa shape index (κ2) is 7.64. The van der Waals surface area contributed by atoms with Crippen molar-refractivity contribution in [2.45, 2.75) is 63.6 Å². The van der Waals surface area contributed by atoms with E-state index < -0.39 is 12.1 Å². The van der Waals surface area contributed by atoms with Crippen LogP contribution >= 0.6 is 0 Å². The lowest BCUT2D eigenvalue weighted by molar-refractivity contribution is -0.185. The van der Waals surface area contributed by atoms with E-state index in [1.54, 1.807) is 0 Å². The van der Waals surface area contributed by atoms with Gasteiger partial charge < -0.3 is 10.2 Å². The standard InChI is InChI=1S/C15H27F3N2/c16-15(17,18)13-7-11-20(12-8-13)10-4-2-1-3-9-19-14-5-6-14/h13-14,19H,1-12H2. The van der Waals surface area contributed by atoms with Gasteiger partial charge in [0.25, 0.3) is 0 Å². The maximum absolute atomic E-state index is 12.5. The third-order valence-electron chi connectivity index (χ3n) is 4.46. The Hall–Kier alpha value is -0.290. The Morgan fingerprint density at radius 2 is 1.55 bits per heavy atom. The summed E-state index contributed by atoms with van der Waals surface area (Å²) in [6, 6.07) is 0.796. The molecule has 1 heterocycles. The predicted molar refractivity (Wildman–Crippen MR) is 74.7 cm³/mol. The first-order valence-electron chi connectivity index (χ1n) is 8.08. The molecule has 2 rings (SSSR count). The lowest BCUT2D eigenvalue weighted by Crippen LogP contribution is -2.39. The number of alkyl halides is 3. The van der Waals surface area contributed by atoms with Crippen molar-refractivity contribution in [3.05, 3.63) is 0 Å². The molecule has 0 spiro atoms. The zero-order valence-electron chi connectivity index (χ0n) is 12.2. The van der Waals surface area contributed by atoms with Crippen LogP contribution in [0.5, 0.6) is 0 Å². The molecule has 0 aromatic rings. The molecule has 0 unspecified atom stereocenters. The van der Waals surface area contributed by atoms with E-state index in [-0.39, 0.29) is 12.8 Å². The van der Waals surface area contributed by atoms with Crippen molar-refractivity contribution >= 4 is 0 Å². The summed E-state index contributed by atoms with van der Waals surface area (Å²) in [5.41, 5.74) is 0. The molecule has 0 amide bonds. The molecule has 2 aliphatic rings. The molecule has 5 heteroatoms. The number of nitrogens with one attached hydrogen (secondary N) is 1. The Morgan fingerprint density at radius 1 is 0.900 bits per heavy atom. The molecular formula is C15H27F3N2. The first-order valence-corrected chi connectivity index (χ1v) is 8.08. The zero-order chi connectivity index (χ0) is 14.4. The molecule has 1 saturated carbocycles. The monoisotopic (exact) mass is 292 g/mol. The van der Waals surface area contributed by atoms with Crippen molar-refractivity contribution in [1.29, 1.82) is 0 Å². The van der Waals surface area contributed by atoms with Gasteiger partial charge in [-0.25, -0.2) is 0 Å². The molecule has 20 heavy (non-hydrogen) atoms. The molecule has 1 N–H and O–H groups in total. The second-order valence-electron chi connectivity index (χ2n) is 6.30. The topological polar surface area (TPSA) is 15.3 Å². The number of likely N-dealkylation sites (tertiary alicyclic amines) is 1. The quantitative estimate of drug-likeness (QED) is 0.688. The molecule has 0 aromatic carbocycles. The van der Waals surface area contributed by atoms with Gasteiger partial charge in [-0.05, 0) is 64.7 Å². The van der Waals surface area contributed by atoms with Crippen LogP contribution in [0.3, 0.4) is 0 Å².